The van der Waals surface area contributed by atoms with Gasteiger partial charge >= 0.3 is 0 Å². The lowest BCUT2D eigenvalue weighted by molar-refractivity contribution is 0.620. The van der Waals surface area contributed by atoms with Crippen LogP contribution in [0.2, 0.25) is 0 Å². The predicted octanol–water partition coefficient (Wildman–Crippen LogP) is 14.8. The summed E-state index contributed by atoms with van der Waals surface area (Å²) in [5, 5.41) is 6.95. The van der Waals surface area contributed by atoms with Gasteiger partial charge in [-0.2, -0.15) is 0 Å². The minimum absolute atomic E-state index is 0.593. The molecule has 9 aromatic carbocycles. The molecular formula is C53H33N3O2. The van der Waals surface area contributed by atoms with E-state index < -0.39 is 0 Å². The lowest BCUT2D eigenvalue weighted by Crippen LogP contribution is -2.10. The first kappa shape index (κ1) is 32.4. The van der Waals surface area contributed by atoms with E-state index in [1.165, 1.54) is 16.2 Å². The maximum Gasteiger partial charge on any atom is 0.227 e. The van der Waals surface area contributed by atoms with E-state index in [2.05, 4.69) is 161 Å². The van der Waals surface area contributed by atoms with Gasteiger partial charge in [-0.05, 0) is 107 Å². The maximum absolute atomic E-state index is 6.68. The van der Waals surface area contributed by atoms with Crippen molar-refractivity contribution in [2.24, 2.45) is 0 Å². The molecule has 12 aromatic rings. The summed E-state index contributed by atoms with van der Waals surface area (Å²) in [6.45, 7) is 0. The quantitative estimate of drug-likeness (QED) is 0.170. The molecule has 0 unspecified atom stereocenters. The van der Waals surface area contributed by atoms with E-state index in [-0.39, 0.29) is 0 Å². The summed E-state index contributed by atoms with van der Waals surface area (Å²) in [5.41, 5.74) is 12.8. The first-order valence-corrected chi connectivity index (χ1v) is 19.5. The Labute approximate surface area is 333 Å². The Morgan fingerprint density at radius 1 is 0.431 bits per heavy atom. The topological polar surface area (TPSA) is 47.3 Å². The zero-order valence-corrected chi connectivity index (χ0v) is 31.2. The smallest absolute Gasteiger partial charge is 0.227 e. The molecule has 0 radical (unpaired) electrons. The third kappa shape index (κ3) is 5.07. The summed E-state index contributed by atoms with van der Waals surface area (Å²) < 4.78 is 15.3. The highest BCUT2D eigenvalue weighted by molar-refractivity contribution is 6.22. The molecule has 0 aliphatic rings. The SMILES string of the molecule is c1ccc(-c2cccc(N(c3ccc4ccc5c(c4c3)c3ccccc3n5-c3ccc4oc5ccccc5c4c3)c3cccc4nc(-c5ccccc5)oc34)c2)cc1. The third-order valence-corrected chi connectivity index (χ3v) is 11.4. The van der Waals surface area contributed by atoms with Gasteiger partial charge < -0.3 is 18.3 Å². The normalized spacial score (nSPS) is 11.8. The number of aromatic nitrogens is 2. The number of nitrogens with zero attached hydrogens (tertiary/aromatic N) is 3. The number of hydrogen-bond donors (Lipinski definition) is 0. The summed E-state index contributed by atoms with van der Waals surface area (Å²) in [6, 6.07) is 70.4. The Morgan fingerprint density at radius 2 is 1.14 bits per heavy atom. The Hall–Kier alpha value is -7.89. The van der Waals surface area contributed by atoms with Crippen LogP contribution in [0.5, 0.6) is 0 Å². The molecule has 58 heavy (non-hydrogen) atoms. The molecule has 0 atom stereocenters. The van der Waals surface area contributed by atoms with Crippen molar-refractivity contribution in [3.8, 4) is 28.3 Å². The molecule has 0 fully saturated rings. The molecule has 272 valence electrons. The second kappa shape index (κ2) is 12.8. The summed E-state index contributed by atoms with van der Waals surface area (Å²) in [6.07, 6.45) is 0. The number of hydrogen-bond acceptors (Lipinski definition) is 4. The summed E-state index contributed by atoms with van der Waals surface area (Å²) in [7, 11) is 0. The van der Waals surface area contributed by atoms with Crippen LogP contribution in [0.25, 0.3) is 93.9 Å². The summed E-state index contributed by atoms with van der Waals surface area (Å²) in [4.78, 5) is 7.27. The molecule has 12 rings (SSSR count). The fourth-order valence-electron chi connectivity index (χ4n) is 8.74. The lowest BCUT2D eigenvalue weighted by atomic mass is 10.0. The van der Waals surface area contributed by atoms with Gasteiger partial charge in [-0.25, -0.2) is 4.98 Å². The lowest BCUT2D eigenvalue weighted by Gasteiger charge is -2.26. The minimum Gasteiger partial charge on any atom is -0.456 e. The van der Waals surface area contributed by atoms with Gasteiger partial charge in [0.2, 0.25) is 5.89 Å². The number of fused-ring (bicyclic) bond motifs is 9. The predicted molar refractivity (Wildman–Crippen MR) is 239 cm³/mol. The fourth-order valence-corrected chi connectivity index (χ4v) is 8.74. The Morgan fingerprint density at radius 3 is 2.02 bits per heavy atom. The third-order valence-electron chi connectivity index (χ3n) is 11.4. The van der Waals surface area contributed by atoms with E-state index in [1.807, 2.05) is 48.5 Å². The highest BCUT2D eigenvalue weighted by atomic mass is 16.3. The molecule has 5 nitrogen and oxygen atoms in total. The van der Waals surface area contributed by atoms with Crippen LogP contribution in [0.4, 0.5) is 17.1 Å². The van der Waals surface area contributed by atoms with Crippen molar-refractivity contribution in [2.45, 2.75) is 0 Å². The van der Waals surface area contributed by atoms with Gasteiger partial charge in [-0.15, -0.1) is 0 Å². The molecule has 0 N–H and O–H groups in total. The van der Waals surface area contributed by atoms with Crippen LogP contribution in [0.1, 0.15) is 0 Å². The molecule has 5 heteroatoms. The van der Waals surface area contributed by atoms with Crippen LogP contribution in [-0.2, 0) is 0 Å². The van der Waals surface area contributed by atoms with Crippen LogP contribution in [0.15, 0.2) is 209 Å². The van der Waals surface area contributed by atoms with E-state index in [4.69, 9.17) is 13.8 Å². The van der Waals surface area contributed by atoms with Gasteiger partial charge in [0.25, 0.3) is 0 Å². The number of para-hydroxylation sites is 3. The fraction of sp³-hybridized carbons (Fsp3) is 0. The molecule has 0 saturated heterocycles. The van der Waals surface area contributed by atoms with Crippen LogP contribution in [0, 0.1) is 0 Å². The van der Waals surface area contributed by atoms with Crippen LogP contribution in [-0.4, -0.2) is 9.55 Å². The molecule has 0 bridgehead atoms. The number of rotatable bonds is 6. The molecule has 0 aliphatic heterocycles. The van der Waals surface area contributed by atoms with E-state index in [1.54, 1.807) is 0 Å². The second-order valence-electron chi connectivity index (χ2n) is 14.8. The van der Waals surface area contributed by atoms with Crippen LogP contribution in [0.3, 0.4) is 0 Å². The van der Waals surface area contributed by atoms with Crippen molar-refractivity contribution in [1.29, 1.82) is 0 Å². The van der Waals surface area contributed by atoms with Crippen molar-refractivity contribution in [3.05, 3.63) is 200 Å². The average Bonchev–Trinajstić information content (AvgIpc) is 4.00. The number of oxazole rings is 1. The molecule has 0 spiro atoms. The monoisotopic (exact) mass is 743 g/mol. The number of benzene rings is 9. The highest BCUT2D eigenvalue weighted by Gasteiger charge is 2.22. The standard InChI is InChI=1S/C53H33N3O2/c1-3-13-34(14-4-1)37-17-11-18-38(31-37)55(48-23-12-21-45-52(48)58-53(54-45)36-15-5-2-6-16-36)39-27-25-35-26-29-47-51(43(35)32-39)42-20-7-9-22-46(42)56(47)40-28-30-50-44(33-40)41-19-8-10-24-49(41)57-50/h1-33H. The van der Waals surface area contributed by atoms with Crippen molar-refractivity contribution in [2.75, 3.05) is 4.90 Å². The van der Waals surface area contributed by atoms with E-state index >= 15 is 0 Å². The molecule has 0 saturated carbocycles. The zero-order chi connectivity index (χ0) is 38.2. The minimum atomic E-state index is 0.593. The Bertz CT molecular complexity index is 3520. The van der Waals surface area contributed by atoms with E-state index in [0.717, 1.165) is 88.9 Å². The Balaban J connectivity index is 1.10. The molecular weight excluding hydrogens is 711 g/mol. The van der Waals surface area contributed by atoms with Gasteiger partial charge in [0.1, 0.15) is 16.7 Å². The Kier molecular flexibility index (Phi) is 7.16. The zero-order valence-electron chi connectivity index (χ0n) is 31.2. The van der Waals surface area contributed by atoms with Crippen molar-refractivity contribution < 1.29 is 8.83 Å². The van der Waals surface area contributed by atoms with Gasteiger partial charge in [-0.3, -0.25) is 0 Å². The summed E-state index contributed by atoms with van der Waals surface area (Å²) in [5.74, 6) is 0.593. The van der Waals surface area contributed by atoms with E-state index in [9.17, 15) is 0 Å². The second-order valence-corrected chi connectivity index (χ2v) is 14.8. The highest BCUT2D eigenvalue weighted by Crippen LogP contribution is 2.44. The van der Waals surface area contributed by atoms with Crippen LogP contribution >= 0.6 is 0 Å². The van der Waals surface area contributed by atoms with Gasteiger partial charge in [0.15, 0.2) is 5.58 Å². The maximum atomic E-state index is 6.68. The molecule has 0 aliphatic carbocycles. The van der Waals surface area contributed by atoms with Crippen molar-refractivity contribution >= 4 is 82.7 Å². The van der Waals surface area contributed by atoms with Gasteiger partial charge in [0, 0.05) is 44.2 Å². The average molecular weight is 744 g/mol. The number of anilines is 3. The summed E-state index contributed by atoms with van der Waals surface area (Å²) >= 11 is 0. The molecule has 0 amide bonds. The van der Waals surface area contributed by atoms with Crippen molar-refractivity contribution in [3.63, 3.8) is 0 Å². The van der Waals surface area contributed by atoms with Crippen molar-refractivity contribution in [1.82, 2.24) is 9.55 Å². The van der Waals surface area contributed by atoms with E-state index in [0.29, 0.717) is 5.89 Å². The first-order chi connectivity index (χ1) is 28.7. The number of furan rings is 1. The van der Waals surface area contributed by atoms with Crippen LogP contribution < -0.4 is 4.90 Å². The molecule has 3 aromatic heterocycles. The first-order valence-electron chi connectivity index (χ1n) is 19.5. The molecule has 3 heterocycles. The largest absolute Gasteiger partial charge is 0.456 e. The van der Waals surface area contributed by atoms with Gasteiger partial charge in [0.05, 0.1) is 16.7 Å². The van der Waals surface area contributed by atoms with Gasteiger partial charge in [-0.1, -0.05) is 115 Å².